The summed E-state index contributed by atoms with van der Waals surface area (Å²) in [6, 6.07) is 6.06. The van der Waals surface area contributed by atoms with E-state index in [0.29, 0.717) is 31.0 Å². The maximum Gasteiger partial charge on any atom is 0.416 e. The third-order valence-electron chi connectivity index (χ3n) is 6.40. The lowest BCUT2D eigenvalue weighted by molar-refractivity contribution is -0.137. The number of halogens is 5. The summed E-state index contributed by atoms with van der Waals surface area (Å²) in [6.07, 6.45) is 0.987. The molecule has 1 N–H and O–H groups in total. The number of nitrogens with zero attached hydrogens (tertiary/aromatic N) is 2. The maximum atomic E-state index is 13.2. The van der Waals surface area contributed by atoms with Crippen molar-refractivity contribution in [3.63, 3.8) is 0 Å². The molecular formula is C21H33Cl2F3N2O. The highest BCUT2D eigenvalue weighted by molar-refractivity contribution is 5.85. The second-order valence-electron chi connectivity index (χ2n) is 8.51. The highest BCUT2D eigenvalue weighted by Crippen LogP contribution is 2.42. The van der Waals surface area contributed by atoms with Crippen molar-refractivity contribution in [3.05, 3.63) is 35.4 Å². The summed E-state index contributed by atoms with van der Waals surface area (Å²) >= 11 is 0. The summed E-state index contributed by atoms with van der Waals surface area (Å²) in [6.45, 7) is 2.44. The number of aliphatic hydroxyl groups is 1. The van der Waals surface area contributed by atoms with E-state index in [1.54, 1.807) is 6.07 Å². The summed E-state index contributed by atoms with van der Waals surface area (Å²) in [5, 5.41) is 11.4. The average Bonchev–Trinajstić information content (AvgIpc) is 3.09. The van der Waals surface area contributed by atoms with E-state index in [2.05, 4.69) is 23.9 Å². The molecule has 168 valence electrons. The molecule has 1 aromatic carbocycles. The molecule has 1 unspecified atom stereocenters. The van der Waals surface area contributed by atoms with Crippen molar-refractivity contribution in [2.45, 2.75) is 62.3 Å². The fourth-order valence-corrected chi connectivity index (χ4v) is 4.69. The van der Waals surface area contributed by atoms with Gasteiger partial charge in [0.05, 0.1) is 11.2 Å². The van der Waals surface area contributed by atoms with Gasteiger partial charge in [-0.2, -0.15) is 13.2 Å². The van der Waals surface area contributed by atoms with Gasteiger partial charge in [0.2, 0.25) is 0 Å². The lowest BCUT2D eigenvalue weighted by Crippen LogP contribution is -2.44. The quantitative estimate of drug-likeness (QED) is 0.677. The lowest BCUT2D eigenvalue weighted by Gasteiger charge is -2.41. The van der Waals surface area contributed by atoms with Crippen LogP contribution in [0.1, 0.15) is 55.6 Å². The Bertz CT molecular complexity index is 637. The molecule has 2 aliphatic rings. The zero-order chi connectivity index (χ0) is 19.7. The average molecular weight is 457 g/mol. The van der Waals surface area contributed by atoms with Crippen LogP contribution in [0.4, 0.5) is 13.2 Å². The molecule has 2 fully saturated rings. The van der Waals surface area contributed by atoms with E-state index in [4.69, 9.17) is 0 Å². The van der Waals surface area contributed by atoms with Crippen LogP contribution in [0.25, 0.3) is 0 Å². The second kappa shape index (κ2) is 10.7. The van der Waals surface area contributed by atoms with Crippen LogP contribution in [0.2, 0.25) is 0 Å². The number of hydrogen-bond donors (Lipinski definition) is 1. The summed E-state index contributed by atoms with van der Waals surface area (Å²) < 4.78 is 39.7. The highest BCUT2D eigenvalue weighted by Gasteiger charge is 2.41. The molecule has 0 amide bonds. The van der Waals surface area contributed by atoms with Gasteiger partial charge >= 0.3 is 6.18 Å². The Kier molecular flexibility index (Phi) is 9.75. The molecule has 1 saturated carbocycles. The normalized spacial score (nSPS) is 23.3. The predicted octanol–water partition coefficient (Wildman–Crippen LogP) is 4.96. The predicted molar refractivity (Wildman–Crippen MR) is 115 cm³/mol. The SMILES string of the molecule is CN(C)[C@@H]1CCN(CC(c2cccc(C(F)(F)F)c2)C2(O)CCCCC2)C1.Cl.Cl. The number of likely N-dealkylation sites (tertiary alicyclic amines) is 1. The summed E-state index contributed by atoms with van der Waals surface area (Å²) in [5.41, 5.74) is -0.932. The lowest BCUT2D eigenvalue weighted by atomic mass is 9.72. The molecule has 1 aromatic rings. The first-order valence-corrected chi connectivity index (χ1v) is 9.97. The van der Waals surface area contributed by atoms with Crippen LogP contribution < -0.4 is 0 Å². The van der Waals surface area contributed by atoms with Crippen LogP contribution in [0.5, 0.6) is 0 Å². The first-order chi connectivity index (χ1) is 12.7. The molecule has 0 aromatic heterocycles. The topological polar surface area (TPSA) is 26.7 Å². The first kappa shape index (κ1) is 26.5. The smallest absolute Gasteiger partial charge is 0.389 e. The van der Waals surface area contributed by atoms with Crippen molar-refractivity contribution in [2.75, 3.05) is 33.7 Å². The van der Waals surface area contributed by atoms with Crippen molar-refractivity contribution in [3.8, 4) is 0 Å². The minimum atomic E-state index is -4.36. The minimum Gasteiger partial charge on any atom is -0.389 e. The number of likely N-dealkylation sites (N-methyl/N-ethyl adjacent to an activating group) is 1. The number of hydrogen-bond acceptors (Lipinski definition) is 3. The van der Waals surface area contributed by atoms with Gasteiger partial charge in [0.1, 0.15) is 0 Å². The van der Waals surface area contributed by atoms with Gasteiger partial charge in [-0.1, -0.05) is 37.5 Å². The molecule has 0 radical (unpaired) electrons. The molecule has 1 aliphatic carbocycles. The minimum absolute atomic E-state index is 0. The maximum absolute atomic E-state index is 13.2. The van der Waals surface area contributed by atoms with Gasteiger partial charge < -0.3 is 14.9 Å². The monoisotopic (exact) mass is 456 g/mol. The molecule has 1 heterocycles. The third kappa shape index (κ3) is 6.47. The number of rotatable bonds is 5. The summed E-state index contributed by atoms with van der Waals surface area (Å²) in [7, 11) is 4.13. The fraction of sp³-hybridized carbons (Fsp3) is 0.714. The zero-order valence-corrected chi connectivity index (χ0v) is 18.8. The van der Waals surface area contributed by atoms with E-state index >= 15 is 0 Å². The van der Waals surface area contributed by atoms with Crippen molar-refractivity contribution in [2.24, 2.45) is 0 Å². The van der Waals surface area contributed by atoms with Crippen molar-refractivity contribution in [1.82, 2.24) is 9.80 Å². The Balaban J connectivity index is 0.00000210. The van der Waals surface area contributed by atoms with E-state index in [0.717, 1.165) is 44.8 Å². The zero-order valence-electron chi connectivity index (χ0n) is 17.1. The van der Waals surface area contributed by atoms with Crippen LogP contribution in [-0.4, -0.2) is 60.3 Å². The fourth-order valence-electron chi connectivity index (χ4n) is 4.69. The standard InChI is InChI=1S/C21H31F3N2O.2ClH/c1-25(2)18-9-12-26(14-18)15-19(20(27)10-4-3-5-11-20)16-7-6-8-17(13-16)21(22,23)24;;/h6-8,13,18-19,27H,3-5,9-12,14-15H2,1-2H3;2*1H/t18-,19?;;/m1../s1. The summed E-state index contributed by atoms with van der Waals surface area (Å²) in [5.74, 6) is -0.291. The molecule has 29 heavy (non-hydrogen) atoms. The van der Waals surface area contributed by atoms with Crippen LogP contribution in [0, 0.1) is 0 Å². The van der Waals surface area contributed by atoms with Crippen molar-refractivity contribution in [1.29, 1.82) is 0 Å². The van der Waals surface area contributed by atoms with E-state index in [1.165, 1.54) is 12.1 Å². The van der Waals surface area contributed by atoms with E-state index in [9.17, 15) is 18.3 Å². The van der Waals surface area contributed by atoms with Gasteiger partial charge in [0.15, 0.2) is 0 Å². The Morgan fingerprint density at radius 2 is 1.83 bits per heavy atom. The Hall–Kier alpha value is -0.530. The van der Waals surface area contributed by atoms with E-state index < -0.39 is 17.3 Å². The Morgan fingerprint density at radius 3 is 2.38 bits per heavy atom. The van der Waals surface area contributed by atoms with Crippen LogP contribution in [0.3, 0.4) is 0 Å². The Morgan fingerprint density at radius 1 is 1.17 bits per heavy atom. The van der Waals surface area contributed by atoms with Crippen LogP contribution in [0.15, 0.2) is 24.3 Å². The van der Waals surface area contributed by atoms with Crippen molar-refractivity contribution < 1.29 is 18.3 Å². The first-order valence-electron chi connectivity index (χ1n) is 9.97. The molecule has 0 bridgehead atoms. The molecule has 1 aliphatic heterocycles. The van der Waals surface area contributed by atoms with Crippen LogP contribution >= 0.6 is 24.8 Å². The number of benzene rings is 1. The van der Waals surface area contributed by atoms with E-state index in [1.807, 2.05) is 0 Å². The van der Waals surface area contributed by atoms with E-state index in [-0.39, 0.29) is 30.7 Å². The van der Waals surface area contributed by atoms with Crippen LogP contribution in [-0.2, 0) is 6.18 Å². The molecular weight excluding hydrogens is 424 g/mol. The van der Waals surface area contributed by atoms with Crippen molar-refractivity contribution >= 4 is 24.8 Å². The van der Waals surface area contributed by atoms with Gasteiger partial charge in [-0.3, -0.25) is 0 Å². The Labute approximate surface area is 184 Å². The molecule has 3 rings (SSSR count). The largest absolute Gasteiger partial charge is 0.416 e. The molecule has 3 nitrogen and oxygen atoms in total. The summed E-state index contributed by atoms with van der Waals surface area (Å²) in [4.78, 5) is 4.51. The van der Waals surface area contributed by atoms with Gasteiger partial charge in [0, 0.05) is 25.0 Å². The second-order valence-corrected chi connectivity index (χ2v) is 8.51. The molecule has 2 atom stereocenters. The third-order valence-corrected chi connectivity index (χ3v) is 6.40. The van der Waals surface area contributed by atoms with Gasteiger partial charge in [-0.05, 0) is 51.5 Å². The van der Waals surface area contributed by atoms with Gasteiger partial charge in [0.25, 0.3) is 0 Å². The molecule has 0 spiro atoms. The number of alkyl halides is 3. The highest BCUT2D eigenvalue weighted by atomic mass is 35.5. The van der Waals surface area contributed by atoms with Gasteiger partial charge in [-0.15, -0.1) is 24.8 Å². The molecule has 8 heteroatoms. The van der Waals surface area contributed by atoms with Gasteiger partial charge in [-0.25, -0.2) is 0 Å². The molecule has 1 saturated heterocycles.